The van der Waals surface area contributed by atoms with E-state index in [1.165, 1.54) is 27.6 Å². The number of aryl methyl sites for hydroxylation is 1. The van der Waals surface area contributed by atoms with Crippen LogP contribution >= 0.6 is 0 Å². The first-order valence-corrected chi connectivity index (χ1v) is 6.64. The summed E-state index contributed by atoms with van der Waals surface area (Å²) in [7, 11) is 0. The van der Waals surface area contributed by atoms with Crippen LogP contribution in [0, 0.1) is 6.92 Å². The molecule has 0 bridgehead atoms. The molecule has 2 aromatic carbocycles. The highest BCUT2D eigenvalue weighted by Crippen LogP contribution is 2.25. The van der Waals surface area contributed by atoms with Crippen molar-refractivity contribution in [2.24, 2.45) is 5.73 Å². The fourth-order valence-corrected chi connectivity index (χ4v) is 2.54. The van der Waals surface area contributed by atoms with Gasteiger partial charge in [0.25, 0.3) is 0 Å². The summed E-state index contributed by atoms with van der Waals surface area (Å²) < 4.78 is 2.20. The van der Waals surface area contributed by atoms with Gasteiger partial charge in [-0.3, -0.25) is 0 Å². The van der Waals surface area contributed by atoms with E-state index in [0.29, 0.717) is 6.54 Å². The number of nitrogens with two attached hydrogens (primary N) is 1. The number of nitrogens with zero attached hydrogens (tertiary/aromatic N) is 1. The molecule has 0 saturated heterocycles. The van der Waals surface area contributed by atoms with Crippen molar-refractivity contribution < 1.29 is 0 Å². The van der Waals surface area contributed by atoms with Gasteiger partial charge < -0.3 is 10.3 Å². The molecule has 0 amide bonds. The summed E-state index contributed by atoms with van der Waals surface area (Å²) in [6, 6.07) is 17.4. The van der Waals surface area contributed by atoms with Crippen LogP contribution in [-0.4, -0.2) is 11.1 Å². The maximum atomic E-state index is 5.63. The van der Waals surface area contributed by atoms with Gasteiger partial charge in [0, 0.05) is 30.2 Å². The highest BCUT2D eigenvalue weighted by molar-refractivity contribution is 5.85. The van der Waals surface area contributed by atoms with Crippen molar-refractivity contribution in [1.82, 2.24) is 4.57 Å². The van der Waals surface area contributed by atoms with Crippen molar-refractivity contribution in [1.29, 1.82) is 0 Å². The summed E-state index contributed by atoms with van der Waals surface area (Å²) >= 11 is 0. The number of rotatable bonds is 3. The lowest BCUT2D eigenvalue weighted by Gasteiger charge is -2.06. The molecule has 2 heteroatoms. The van der Waals surface area contributed by atoms with Crippen LogP contribution in [0.5, 0.6) is 0 Å². The first-order chi connectivity index (χ1) is 9.28. The van der Waals surface area contributed by atoms with E-state index in [9.17, 15) is 0 Å². The molecule has 0 aliphatic rings. The molecule has 2 N–H and O–H groups in total. The standard InChI is InChI=1S/C17H18N2/c1-13-3-2-4-14(11-13)15-5-6-17-16(12-15)7-9-19(17)10-8-18/h2-7,9,11-12H,8,10,18H2,1H3. The van der Waals surface area contributed by atoms with Crippen molar-refractivity contribution in [2.45, 2.75) is 13.5 Å². The number of hydrogen-bond acceptors (Lipinski definition) is 1. The van der Waals surface area contributed by atoms with Gasteiger partial charge in [-0.25, -0.2) is 0 Å². The van der Waals surface area contributed by atoms with Crippen LogP contribution in [0.1, 0.15) is 5.56 Å². The Morgan fingerprint density at radius 1 is 1.00 bits per heavy atom. The summed E-state index contributed by atoms with van der Waals surface area (Å²) in [6.07, 6.45) is 2.11. The van der Waals surface area contributed by atoms with Crippen LogP contribution < -0.4 is 5.73 Å². The largest absolute Gasteiger partial charge is 0.346 e. The lowest BCUT2D eigenvalue weighted by molar-refractivity contribution is 0.735. The first-order valence-electron chi connectivity index (χ1n) is 6.64. The normalized spacial score (nSPS) is 11.1. The smallest absolute Gasteiger partial charge is 0.0481 e. The van der Waals surface area contributed by atoms with Crippen LogP contribution in [0.25, 0.3) is 22.0 Å². The minimum absolute atomic E-state index is 0.670. The second-order valence-corrected chi connectivity index (χ2v) is 4.94. The zero-order valence-corrected chi connectivity index (χ0v) is 11.1. The number of aromatic nitrogens is 1. The highest BCUT2D eigenvalue weighted by atomic mass is 15.0. The zero-order valence-electron chi connectivity index (χ0n) is 11.1. The van der Waals surface area contributed by atoms with Crippen LogP contribution in [0.15, 0.2) is 54.7 Å². The van der Waals surface area contributed by atoms with E-state index in [4.69, 9.17) is 5.73 Å². The highest BCUT2D eigenvalue weighted by Gasteiger charge is 2.03. The maximum absolute atomic E-state index is 5.63. The topological polar surface area (TPSA) is 30.9 Å². The summed E-state index contributed by atoms with van der Waals surface area (Å²) in [4.78, 5) is 0. The molecule has 0 fully saturated rings. The Morgan fingerprint density at radius 3 is 2.63 bits per heavy atom. The predicted molar refractivity (Wildman–Crippen MR) is 81.2 cm³/mol. The van der Waals surface area contributed by atoms with Crippen LogP contribution in [-0.2, 0) is 6.54 Å². The molecule has 0 spiro atoms. The average Bonchev–Trinajstić information content (AvgIpc) is 2.82. The van der Waals surface area contributed by atoms with Crippen molar-refractivity contribution >= 4 is 10.9 Å². The number of benzene rings is 2. The molecule has 1 aromatic heterocycles. The Labute approximate surface area is 113 Å². The molecule has 19 heavy (non-hydrogen) atoms. The molecule has 0 radical (unpaired) electrons. The molecular formula is C17H18N2. The van der Waals surface area contributed by atoms with E-state index in [-0.39, 0.29) is 0 Å². The van der Waals surface area contributed by atoms with Gasteiger partial charge in [-0.2, -0.15) is 0 Å². The minimum Gasteiger partial charge on any atom is -0.346 e. The first kappa shape index (κ1) is 12.0. The van der Waals surface area contributed by atoms with Gasteiger partial charge in [0.15, 0.2) is 0 Å². The maximum Gasteiger partial charge on any atom is 0.0481 e. The SMILES string of the molecule is Cc1cccc(-c2ccc3c(ccn3CCN)c2)c1. The lowest BCUT2D eigenvalue weighted by atomic mass is 10.0. The Balaban J connectivity index is 2.07. The van der Waals surface area contributed by atoms with Gasteiger partial charge >= 0.3 is 0 Å². The third kappa shape index (κ3) is 2.27. The summed E-state index contributed by atoms with van der Waals surface area (Å²) in [6.45, 7) is 3.66. The number of hydrogen-bond donors (Lipinski definition) is 1. The summed E-state index contributed by atoms with van der Waals surface area (Å²) in [5.74, 6) is 0. The van der Waals surface area contributed by atoms with Crippen molar-refractivity contribution in [2.75, 3.05) is 6.54 Å². The van der Waals surface area contributed by atoms with E-state index in [0.717, 1.165) is 6.54 Å². The van der Waals surface area contributed by atoms with E-state index in [1.807, 2.05) is 0 Å². The van der Waals surface area contributed by atoms with Crippen molar-refractivity contribution in [3.8, 4) is 11.1 Å². The average molecular weight is 250 g/mol. The molecule has 96 valence electrons. The molecule has 2 nitrogen and oxygen atoms in total. The summed E-state index contributed by atoms with van der Waals surface area (Å²) in [5.41, 5.74) is 10.7. The summed E-state index contributed by atoms with van der Waals surface area (Å²) in [5, 5.41) is 1.27. The van der Waals surface area contributed by atoms with Crippen molar-refractivity contribution in [3.05, 3.63) is 60.3 Å². The molecule has 3 rings (SSSR count). The van der Waals surface area contributed by atoms with Crippen LogP contribution in [0.4, 0.5) is 0 Å². The molecule has 0 aliphatic heterocycles. The zero-order chi connectivity index (χ0) is 13.2. The van der Waals surface area contributed by atoms with E-state index < -0.39 is 0 Å². The number of fused-ring (bicyclic) bond motifs is 1. The monoisotopic (exact) mass is 250 g/mol. The Kier molecular flexibility index (Phi) is 3.10. The lowest BCUT2D eigenvalue weighted by Crippen LogP contribution is -2.08. The van der Waals surface area contributed by atoms with E-state index in [2.05, 4.69) is 66.2 Å². The Hall–Kier alpha value is -2.06. The van der Waals surface area contributed by atoms with Gasteiger partial charge in [-0.05, 0) is 36.2 Å². The van der Waals surface area contributed by atoms with E-state index in [1.54, 1.807) is 0 Å². The van der Waals surface area contributed by atoms with Gasteiger partial charge in [-0.1, -0.05) is 35.9 Å². The van der Waals surface area contributed by atoms with Gasteiger partial charge in [-0.15, -0.1) is 0 Å². The molecule has 0 saturated carbocycles. The minimum atomic E-state index is 0.670. The Morgan fingerprint density at radius 2 is 1.84 bits per heavy atom. The molecule has 1 heterocycles. The van der Waals surface area contributed by atoms with Gasteiger partial charge in [0.05, 0.1) is 0 Å². The fraction of sp³-hybridized carbons (Fsp3) is 0.176. The van der Waals surface area contributed by atoms with Crippen LogP contribution in [0.2, 0.25) is 0 Å². The predicted octanol–water partition coefficient (Wildman–Crippen LogP) is 3.58. The third-order valence-corrected chi connectivity index (χ3v) is 3.49. The fourth-order valence-electron chi connectivity index (χ4n) is 2.54. The van der Waals surface area contributed by atoms with Gasteiger partial charge in [0.1, 0.15) is 0 Å². The second kappa shape index (κ2) is 4.90. The van der Waals surface area contributed by atoms with Gasteiger partial charge in [0.2, 0.25) is 0 Å². The molecule has 3 aromatic rings. The van der Waals surface area contributed by atoms with Crippen LogP contribution in [0.3, 0.4) is 0 Å². The molecule has 0 atom stereocenters. The quantitative estimate of drug-likeness (QED) is 0.757. The molecular weight excluding hydrogens is 232 g/mol. The molecule has 0 unspecified atom stereocenters. The van der Waals surface area contributed by atoms with E-state index >= 15 is 0 Å². The molecule has 0 aliphatic carbocycles. The third-order valence-electron chi connectivity index (χ3n) is 3.49. The second-order valence-electron chi connectivity index (χ2n) is 4.94. The van der Waals surface area contributed by atoms with Crippen molar-refractivity contribution in [3.63, 3.8) is 0 Å². The Bertz CT molecular complexity index is 710.